The fourth-order valence-corrected chi connectivity index (χ4v) is 2.69. The molecule has 0 spiro atoms. The van der Waals surface area contributed by atoms with Gasteiger partial charge in [0.2, 0.25) is 0 Å². The number of nitrogens with zero attached hydrogens (tertiary/aromatic N) is 2. The van der Waals surface area contributed by atoms with Crippen LogP contribution in [-0.2, 0) is 11.3 Å². The van der Waals surface area contributed by atoms with E-state index < -0.39 is 0 Å². The highest BCUT2D eigenvalue weighted by atomic mass is 16.5. The van der Waals surface area contributed by atoms with Gasteiger partial charge in [0.15, 0.2) is 5.75 Å². The average Bonchev–Trinajstić information content (AvgIpc) is 2.98. The van der Waals surface area contributed by atoms with Gasteiger partial charge < -0.3 is 9.47 Å². The van der Waals surface area contributed by atoms with Crippen LogP contribution in [0.5, 0.6) is 5.75 Å². The highest BCUT2D eigenvalue weighted by Crippen LogP contribution is 2.36. The van der Waals surface area contributed by atoms with Crippen LogP contribution in [0.2, 0.25) is 0 Å². The summed E-state index contributed by atoms with van der Waals surface area (Å²) in [7, 11) is 1.66. The van der Waals surface area contributed by atoms with Crippen LogP contribution in [0.1, 0.15) is 32.0 Å². The van der Waals surface area contributed by atoms with Crippen LogP contribution < -0.4 is 16.0 Å². The van der Waals surface area contributed by atoms with Crippen molar-refractivity contribution < 1.29 is 9.47 Å². The Morgan fingerprint density at radius 2 is 2.50 bits per heavy atom. The summed E-state index contributed by atoms with van der Waals surface area (Å²) in [6.07, 6.45) is 2.92. The Hall–Kier alpha value is -1.11. The molecule has 1 aromatic heterocycles. The Bertz CT molecular complexity index is 372. The zero-order valence-electron chi connectivity index (χ0n) is 11.2. The molecule has 0 saturated carbocycles. The lowest BCUT2D eigenvalue weighted by molar-refractivity contribution is 0.0939. The lowest BCUT2D eigenvalue weighted by Gasteiger charge is -2.26. The van der Waals surface area contributed by atoms with E-state index in [1.807, 2.05) is 4.68 Å². The van der Waals surface area contributed by atoms with Gasteiger partial charge in [0, 0.05) is 19.1 Å². The molecule has 1 aromatic rings. The zero-order valence-corrected chi connectivity index (χ0v) is 11.2. The third-order valence-corrected chi connectivity index (χ3v) is 3.70. The molecule has 2 heterocycles. The van der Waals surface area contributed by atoms with Crippen LogP contribution in [0.3, 0.4) is 0 Å². The smallest absolute Gasteiger partial charge is 0.161 e. The van der Waals surface area contributed by atoms with Crippen LogP contribution in [-0.4, -0.2) is 29.6 Å². The Kier molecular flexibility index (Phi) is 4.21. The largest absolute Gasteiger partial charge is 0.493 e. The maximum atomic E-state index is 5.75. The molecule has 1 fully saturated rings. The number of rotatable bonds is 5. The third-order valence-electron chi connectivity index (χ3n) is 3.70. The van der Waals surface area contributed by atoms with Crippen LogP contribution in [0.15, 0.2) is 6.20 Å². The van der Waals surface area contributed by atoms with Crippen LogP contribution >= 0.6 is 0 Å². The number of ether oxygens (including phenoxy) is 2. The van der Waals surface area contributed by atoms with E-state index in [-0.39, 0.29) is 12.1 Å². The summed E-state index contributed by atoms with van der Waals surface area (Å²) < 4.78 is 12.9. The Morgan fingerprint density at radius 1 is 1.72 bits per heavy atom. The highest BCUT2D eigenvalue weighted by Gasteiger charge is 2.35. The van der Waals surface area contributed by atoms with Crippen molar-refractivity contribution in [3.05, 3.63) is 11.9 Å². The number of nitrogens with two attached hydrogens (primary N) is 1. The fourth-order valence-electron chi connectivity index (χ4n) is 2.69. The molecule has 0 amide bonds. The predicted octanol–water partition coefficient (Wildman–Crippen LogP) is 0.841. The molecular formula is C12H22N4O2. The van der Waals surface area contributed by atoms with Gasteiger partial charge in [-0.25, -0.2) is 0 Å². The molecule has 3 unspecified atom stereocenters. The summed E-state index contributed by atoms with van der Waals surface area (Å²) in [5.41, 5.74) is 3.91. The average molecular weight is 254 g/mol. The van der Waals surface area contributed by atoms with E-state index in [1.165, 1.54) is 0 Å². The maximum Gasteiger partial charge on any atom is 0.161 e. The minimum absolute atomic E-state index is 0.0000926. The van der Waals surface area contributed by atoms with Crippen molar-refractivity contribution in [2.24, 2.45) is 11.8 Å². The zero-order chi connectivity index (χ0) is 13.1. The molecule has 18 heavy (non-hydrogen) atoms. The predicted molar refractivity (Wildman–Crippen MR) is 68.0 cm³/mol. The maximum absolute atomic E-state index is 5.75. The first-order chi connectivity index (χ1) is 8.72. The van der Waals surface area contributed by atoms with E-state index in [4.69, 9.17) is 15.3 Å². The van der Waals surface area contributed by atoms with Gasteiger partial charge in [-0.1, -0.05) is 0 Å². The number of nitrogens with one attached hydrogen (secondary N) is 1. The second-order valence-corrected chi connectivity index (χ2v) is 4.59. The summed E-state index contributed by atoms with van der Waals surface area (Å²) in [5, 5.41) is 4.33. The standard InChI is InChI=1S/C12H22N4O2/c1-4-16-12(10(17-3)7-14-16)11(15-13)9-5-6-18-8(9)2/h7-9,11,15H,4-6,13H2,1-3H3. The topological polar surface area (TPSA) is 74.3 Å². The molecule has 2 rings (SSSR count). The van der Waals surface area contributed by atoms with Crippen molar-refractivity contribution in [1.82, 2.24) is 15.2 Å². The Labute approximate surface area is 107 Å². The van der Waals surface area contributed by atoms with Gasteiger partial charge in [0.25, 0.3) is 0 Å². The van der Waals surface area contributed by atoms with E-state index in [1.54, 1.807) is 13.3 Å². The molecule has 3 N–H and O–H groups in total. The highest BCUT2D eigenvalue weighted by molar-refractivity contribution is 5.29. The van der Waals surface area contributed by atoms with E-state index in [0.717, 1.165) is 31.0 Å². The summed E-state index contributed by atoms with van der Waals surface area (Å²) in [6.45, 7) is 5.71. The van der Waals surface area contributed by atoms with Gasteiger partial charge >= 0.3 is 0 Å². The van der Waals surface area contributed by atoms with Crippen LogP contribution in [0.4, 0.5) is 0 Å². The van der Waals surface area contributed by atoms with Gasteiger partial charge in [0.1, 0.15) is 0 Å². The van der Waals surface area contributed by atoms with Gasteiger partial charge in [0.05, 0.1) is 31.1 Å². The Balaban J connectivity index is 2.34. The van der Waals surface area contributed by atoms with E-state index in [9.17, 15) is 0 Å². The monoisotopic (exact) mass is 254 g/mol. The molecule has 0 aliphatic carbocycles. The number of methoxy groups -OCH3 is 1. The SMILES string of the molecule is CCn1ncc(OC)c1C(NN)C1CCOC1C. The van der Waals surface area contributed by atoms with Crippen molar-refractivity contribution in [1.29, 1.82) is 0 Å². The van der Waals surface area contributed by atoms with Gasteiger partial charge in [-0.2, -0.15) is 5.10 Å². The van der Waals surface area contributed by atoms with E-state index >= 15 is 0 Å². The molecule has 1 aliphatic rings. The van der Waals surface area contributed by atoms with Crippen molar-refractivity contribution in [3.63, 3.8) is 0 Å². The van der Waals surface area contributed by atoms with Crippen molar-refractivity contribution >= 4 is 0 Å². The molecule has 6 heteroatoms. The third kappa shape index (κ3) is 2.23. The molecule has 0 radical (unpaired) electrons. The minimum Gasteiger partial charge on any atom is -0.493 e. The molecule has 1 aliphatic heterocycles. The van der Waals surface area contributed by atoms with Gasteiger partial charge in [-0.15, -0.1) is 0 Å². The quantitative estimate of drug-likeness (QED) is 0.601. The minimum atomic E-state index is -0.0000926. The Morgan fingerprint density at radius 3 is 3.00 bits per heavy atom. The first kappa shape index (κ1) is 13.3. The summed E-state index contributed by atoms with van der Waals surface area (Å²) >= 11 is 0. The number of aryl methyl sites for hydroxylation is 1. The summed E-state index contributed by atoms with van der Waals surface area (Å²) in [5.74, 6) is 6.87. The number of hydrogen-bond acceptors (Lipinski definition) is 5. The summed E-state index contributed by atoms with van der Waals surface area (Å²) in [6, 6.07) is -0.0000926. The van der Waals surface area contributed by atoms with E-state index in [0.29, 0.717) is 5.92 Å². The van der Waals surface area contributed by atoms with Gasteiger partial charge in [-0.05, 0) is 20.3 Å². The van der Waals surface area contributed by atoms with Crippen LogP contribution in [0, 0.1) is 5.92 Å². The molecule has 0 bridgehead atoms. The van der Waals surface area contributed by atoms with Gasteiger partial charge in [-0.3, -0.25) is 16.0 Å². The van der Waals surface area contributed by atoms with Crippen molar-refractivity contribution in [2.45, 2.75) is 39.0 Å². The first-order valence-corrected chi connectivity index (χ1v) is 6.40. The molecule has 3 atom stereocenters. The molecule has 1 saturated heterocycles. The van der Waals surface area contributed by atoms with Crippen LogP contribution in [0.25, 0.3) is 0 Å². The normalized spacial score (nSPS) is 25.3. The number of aromatic nitrogens is 2. The number of hydrazine groups is 1. The molecule has 102 valence electrons. The first-order valence-electron chi connectivity index (χ1n) is 6.40. The lowest BCUT2D eigenvalue weighted by Crippen LogP contribution is -2.37. The fraction of sp³-hybridized carbons (Fsp3) is 0.750. The van der Waals surface area contributed by atoms with Crippen molar-refractivity contribution in [3.8, 4) is 5.75 Å². The molecule has 6 nitrogen and oxygen atoms in total. The van der Waals surface area contributed by atoms with Crippen molar-refractivity contribution in [2.75, 3.05) is 13.7 Å². The second kappa shape index (κ2) is 5.69. The summed E-state index contributed by atoms with van der Waals surface area (Å²) in [4.78, 5) is 0. The molecule has 0 aromatic carbocycles. The second-order valence-electron chi connectivity index (χ2n) is 4.59. The van der Waals surface area contributed by atoms with E-state index in [2.05, 4.69) is 24.4 Å². The lowest BCUT2D eigenvalue weighted by atomic mass is 9.91. The number of hydrogen-bond donors (Lipinski definition) is 2. The molecular weight excluding hydrogens is 232 g/mol.